The molecular weight excluding hydrogens is 364 g/mol. The lowest BCUT2D eigenvalue weighted by atomic mass is 10.2. The minimum atomic E-state index is -0.276. The first kappa shape index (κ1) is 19.1. The fraction of sp³-hybridized carbons (Fsp3) is 0.318. The second kappa shape index (κ2) is 8.45. The largest absolute Gasteiger partial charge is 0.305 e. The first-order valence-electron chi connectivity index (χ1n) is 9.82. The van der Waals surface area contributed by atoms with Crippen molar-refractivity contribution in [1.82, 2.24) is 24.8 Å². The Labute approximate surface area is 170 Å². The summed E-state index contributed by atoms with van der Waals surface area (Å²) in [6.07, 6.45) is 5.58. The smallest absolute Gasteiger partial charge is 0.275 e. The van der Waals surface area contributed by atoms with Crippen LogP contribution in [0.4, 0.5) is 5.82 Å². The third-order valence-electron chi connectivity index (χ3n) is 5.01. The maximum absolute atomic E-state index is 12.7. The zero-order chi connectivity index (χ0) is 20.2. The van der Waals surface area contributed by atoms with Crippen molar-refractivity contribution in [3.8, 4) is 0 Å². The van der Waals surface area contributed by atoms with Crippen LogP contribution in [0.15, 0.2) is 48.8 Å². The van der Waals surface area contributed by atoms with Crippen LogP contribution >= 0.6 is 0 Å². The molecule has 29 heavy (non-hydrogen) atoms. The average molecular weight is 388 g/mol. The molecule has 1 atom stereocenters. The normalized spacial score (nSPS) is 16.7. The third kappa shape index (κ3) is 4.63. The molecule has 0 radical (unpaired) electrons. The molecule has 7 heteroatoms. The highest BCUT2D eigenvalue weighted by Crippen LogP contribution is 2.31. The van der Waals surface area contributed by atoms with Crippen molar-refractivity contribution in [1.29, 1.82) is 0 Å². The van der Waals surface area contributed by atoms with Gasteiger partial charge in [0.1, 0.15) is 17.3 Å². The monoisotopic (exact) mass is 388 g/mol. The molecule has 1 aliphatic rings. The predicted octanol–water partition coefficient (Wildman–Crippen LogP) is 3.47. The van der Waals surface area contributed by atoms with Crippen molar-refractivity contribution in [3.05, 3.63) is 77.3 Å². The van der Waals surface area contributed by atoms with E-state index in [1.807, 2.05) is 44.3 Å². The first-order valence-corrected chi connectivity index (χ1v) is 9.82. The highest BCUT2D eigenvalue weighted by Gasteiger charge is 2.29. The van der Waals surface area contributed by atoms with Gasteiger partial charge in [0.15, 0.2) is 0 Å². The molecule has 1 amide bonds. The summed E-state index contributed by atoms with van der Waals surface area (Å²) < 4.78 is 0. The van der Waals surface area contributed by atoms with E-state index in [1.165, 1.54) is 0 Å². The summed E-state index contributed by atoms with van der Waals surface area (Å²) in [6.45, 7) is 5.56. The summed E-state index contributed by atoms with van der Waals surface area (Å²) in [7, 11) is 0. The highest BCUT2D eigenvalue weighted by molar-refractivity contribution is 6.02. The van der Waals surface area contributed by atoms with Gasteiger partial charge in [-0.2, -0.15) is 0 Å². The molecule has 7 nitrogen and oxygen atoms in total. The molecule has 1 aliphatic heterocycles. The molecule has 1 unspecified atom stereocenters. The number of aryl methyl sites for hydroxylation is 2. The van der Waals surface area contributed by atoms with E-state index in [1.54, 1.807) is 18.3 Å². The summed E-state index contributed by atoms with van der Waals surface area (Å²) in [5.74, 6) is 0.930. The highest BCUT2D eigenvalue weighted by atomic mass is 16.1. The van der Waals surface area contributed by atoms with Gasteiger partial charge in [-0.25, -0.2) is 15.0 Å². The summed E-state index contributed by atoms with van der Waals surface area (Å²) in [5, 5.41) is 2.82. The van der Waals surface area contributed by atoms with E-state index >= 15 is 0 Å². The van der Waals surface area contributed by atoms with Gasteiger partial charge in [0.25, 0.3) is 5.91 Å². The van der Waals surface area contributed by atoms with Crippen LogP contribution < -0.4 is 5.32 Å². The lowest BCUT2D eigenvalue weighted by molar-refractivity contribution is 0.102. The molecule has 3 aromatic heterocycles. The van der Waals surface area contributed by atoms with Crippen LogP contribution in [0.3, 0.4) is 0 Å². The van der Waals surface area contributed by atoms with Crippen LogP contribution in [-0.4, -0.2) is 37.3 Å². The molecule has 0 saturated carbocycles. The van der Waals surface area contributed by atoms with E-state index in [0.29, 0.717) is 17.3 Å². The molecule has 1 fully saturated rings. The number of pyridine rings is 2. The second-order valence-corrected chi connectivity index (χ2v) is 7.38. The van der Waals surface area contributed by atoms with E-state index in [4.69, 9.17) is 0 Å². The van der Waals surface area contributed by atoms with Gasteiger partial charge < -0.3 is 5.32 Å². The minimum Gasteiger partial charge on any atom is -0.305 e. The Morgan fingerprint density at radius 2 is 2.07 bits per heavy atom. The number of nitrogens with one attached hydrogen (secondary N) is 1. The summed E-state index contributed by atoms with van der Waals surface area (Å²) >= 11 is 0. The number of aromatic nitrogens is 4. The summed E-state index contributed by atoms with van der Waals surface area (Å²) in [5.41, 5.74) is 3.20. The van der Waals surface area contributed by atoms with Crippen molar-refractivity contribution in [2.75, 3.05) is 11.9 Å². The number of carbonyl (C=O) groups excluding carboxylic acids is 1. The lowest BCUT2D eigenvalue weighted by Crippen LogP contribution is -2.26. The molecule has 0 bridgehead atoms. The fourth-order valence-electron chi connectivity index (χ4n) is 3.59. The van der Waals surface area contributed by atoms with Gasteiger partial charge in [0.2, 0.25) is 0 Å². The Hall–Kier alpha value is -3.19. The van der Waals surface area contributed by atoms with E-state index in [2.05, 4.69) is 30.2 Å². The van der Waals surface area contributed by atoms with Gasteiger partial charge in [0, 0.05) is 24.6 Å². The van der Waals surface area contributed by atoms with Crippen LogP contribution in [-0.2, 0) is 6.54 Å². The molecule has 0 spiro atoms. The Balaban J connectivity index is 1.54. The van der Waals surface area contributed by atoms with Crippen molar-refractivity contribution in [3.63, 3.8) is 0 Å². The van der Waals surface area contributed by atoms with E-state index in [-0.39, 0.29) is 11.9 Å². The zero-order valence-electron chi connectivity index (χ0n) is 16.7. The number of likely N-dealkylation sites (tertiary alicyclic amines) is 1. The van der Waals surface area contributed by atoms with Crippen LogP contribution in [0.2, 0.25) is 0 Å². The average Bonchev–Trinajstić information content (AvgIpc) is 3.18. The van der Waals surface area contributed by atoms with Gasteiger partial charge in [-0.15, -0.1) is 0 Å². The maximum atomic E-state index is 12.7. The van der Waals surface area contributed by atoms with E-state index < -0.39 is 0 Å². The van der Waals surface area contributed by atoms with Gasteiger partial charge in [0.05, 0.1) is 11.7 Å². The van der Waals surface area contributed by atoms with E-state index in [0.717, 1.165) is 42.9 Å². The molecular formula is C22H24N6O. The molecule has 1 saturated heterocycles. The van der Waals surface area contributed by atoms with E-state index in [9.17, 15) is 4.79 Å². The molecule has 3 aromatic rings. The maximum Gasteiger partial charge on any atom is 0.275 e. The SMILES string of the molecule is Cc1ccc(NC(=O)c2cc(C)nc(C3CCCN3Cc3ccccn3)n2)nc1. The number of hydrogen-bond acceptors (Lipinski definition) is 6. The number of amides is 1. The van der Waals surface area contributed by atoms with Gasteiger partial charge in [-0.1, -0.05) is 12.1 Å². The topological polar surface area (TPSA) is 83.9 Å². The lowest BCUT2D eigenvalue weighted by Gasteiger charge is -2.23. The summed E-state index contributed by atoms with van der Waals surface area (Å²) in [4.78, 5) is 33.0. The Bertz CT molecular complexity index is 990. The number of rotatable bonds is 5. The number of hydrogen-bond donors (Lipinski definition) is 1. The van der Waals surface area contributed by atoms with Gasteiger partial charge >= 0.3 is 0 Å². The minimum absolute atomic E-state index is 0.0842. The van der Waals surface area contributed by atoms with Crippen molar-refractivity contribution < 1.29 is 4.79 Å². The number of anilines is 1. The fourth-order valence-corrected chi connectivity index (χ4v) is 3.59. The Morgan fingerprint density at radius 3 is 2.83 bits per heavy atom. The Kier molecular flexibility index (Phi) is 5.57. The quantitative estimate of drug-likeness (QED) is 0.720. The third-order valence-corrected chi connectivity index (χ3v) is 5.01. The van der Waals surface area contributed by atoms with Crippen molar-refractivity contribution in [2.24, 2.45) is 0 Å². The van der Waals surface area contributed by atoms with Crippen LogP contribution in [0, 0.1) is 13.8 Å². The summed E-state index contributed by atoms with van der Waals surface area (Å²) in [6, 6.07) is 11.4. The first-order chi connectivity index (χ1) is 14.1. The second-order valence-electron chi connectivity index (χ2n) is 7.38. The molecule has 4 heterocycles. The Morgan fingerprint density at radius 1 is 1.17 bits per heavy atom. The standard InChI is InChI=1S/C22H24N6O/c1-15-8-9-20(24-13-15)27-22(29)18-12-16(2)25-21(26-18)19-7-5-11-28(19)14-17-6-3-4-10-23-17/h3-4,6,8-10,12-13,19H,5,7,11,14H2,1-2H3,(H,24,27,29). The van der Waals surface area contributed by atoms with Gasteiger partial charge in [-0.05, 0) is 63.1 Å². The molecule has 4 rings (SSSR count). The van der Waals surface area contributed by atoms with Gasteiger partial charge in [-0.3, -0.25) is 14.7 Å². The van der Waals surface area contributed by atoms with Crippen molar-refractivity contribution in [2.45, 2.75) is 39.3 Å². The zero-order valence-corrected chi connectivity index (χ0v) is 16.7. The van der Waals surface area contributed by atoms with Crippen LogP contribution in [0.5, 0.6) is 0 Å². The molecule has 0 aliphatic carbocycles. The van der Waals surface area contributed by atoms with Crippen LogP contribution in [0.1, 0.15) is 52.1 Å². The molecule has 1 N–H and O–H groups in total. The molecule has 148 valence electrons. The number of carbonyl (C=O) groups is 1. The van der Waals surface area contributed by atoms with Crippen LogP contribution in [0.25, 0.3) is 0 Å². The van der Waals surface area contributed by atoms with Crippen molar-refractivity contribution >= 4 is 11.7 Å². The predicted molar refractivity (Wildman–Crippen MR) is 110 cm³/mol. The number of nitrogens with zero attached hydrogens (tertiary/aromatic N) is 5. The molecule has 0 aromatic carbocycles.